The molecule has 4 aromatic rings. The van der Waals surface area contributed by atoms with E-state index < -0.39 is 6.04 Å². The largest absolute Gasteiger partial charge is 0.354 e. The Balaban J connectivity index is 1.59. The molecule has 0 aliphatic heterocycles. The predicted octanol–water partition coefficient (Wildman–Crippen LogP) is 3.20. The third-order valence-corrected chi connectivity index (χ3v) is 5.36. The summed E-state index contributed by atoms with van der Waals surface area (Å²) in [5.74, 6) is -0.0976. The van der Waals surface area contributed by atoms with Crippen LogP contribution in [0.15, 0.2) is 65.6 Å². The summed E-state index contributed by atoms with van der Waals surface area (Å²) >= 11 is 0. The lowest BCUT2D eigenvalue weighted by molar-refractivity contribution is -0.123. The zero-order valence-electron chi connectivity index (χ0n) is 16.6. The van der Waals surface area contributed by atoms with E-state index in [0.717, 1.165) is 29.1 Å². The van der Waals surface area contributed by atoms with Crippen molar-refractivity contribution >= 4 is 27.7 Å². The Hall–Kier alpha value is -3.41. The quantitative estimate of drug-likeness (QED) is 0.516. The zero-order valence-corrected chi connectivity index (χ0v) is 16.6. The van der Waals surface area contributed by atoms with Gasteiger partial charge in [0.2, 0.25) is 5.91 Å². The number of hydrogen-bond donors (Lipinski definition) is 1. The van der Waals surface area contributed by atoms with E-state index in [-0.39, 0.29) is 11.5 Å². The van der Waals surface area contributed by atoms with Crippen molar-refractivity contribution in [3.63, 3.8) is 0 Å². The smallest absolute Gasteiger partial charge is 0.291 e. The van der Waals surface area contributed by atoms with E-state index in [1.807, 2.05) is 54.0 Å². The molecule has 0 saturated carbocycles. The van der Waals surface area contributed by atoms with Crippen molar-refractivity contribution in [2.45, 2.75) is 25.8 Å². The van der Waals surface area contributed by atoms with Crippen LogP contribution in [0.2, 0.25) is 0 Å². The molecular formula is C23H24N4O2. The van der Waals surface area contributed by atoms with E-state index >= 15 is 0 Å². The number of aromatic nitrogens is 3. The Labute approximate surface area is 168 Å². The zero-order chi connectivity index (χ0) is 20.4. The van der Waals surface area contributed by atoms with Crippen molar-refractivity contribution in [3.8, 4) is 0 Å². The molecule has 0 bridgehead atoms. The Morgan fingerprint density at radius 1 is 1.07 bits per heavy atom. The van der Waals surface area contributed by atoms with E-state index in [1.165, 1.54) is 10.2 Å². The van der Waals surface area contributed by atoms with Crippen LogP contribution in [0.4, 0.5) is 0 Å². The summed E-state index contributed by atoms with van der Waals surface area (Å²) in [5.41, 5.74) is 2.42. The molecule has 1 amide bonds. The van der Waals surface area contributed by atoms with Gasteiger partial charge in [-0.2, -0.15) is 5.10 Å². The predicted molar refractivity (Wildman–Crippen MR) is 115 cm³/mol. The lowest BCUT2D eigenvalue weighted by atomic mass is 10.1. The van der Waals surface area contributed by atoms with Crippen LogP contribution in [-0.2, 0) is 18.3 Å². The molecule has 1 unspecified atom stereocenters. The normalized spacial score (nSPS) is 12.3. The van der Waals surface area contributed by atoms with E-state index in [0.29, 0.717) is 12.1 Å². The SMILES string of the molecule is CC(C(=O)NCCCc1ccccc1)n1c2ccccc2c2cnn(C)c(=O)c21. The van der Waals surface area contributed by atoms with E-state index in [9.17, 15) is 9.59 Å². The number of nitrogens with one attached hydrogen (secondary N) is 1. The van der Waals surface area contributed by atoms with Gasteiger partial charge in [-0.05, 0) is 31.4 Å². The minimum Gasteiger partial charge on any atom is -0.354 e. The maximum absolute atomic E-state index is 12.9. The number of carbonyl (C=O) groups is 1. The first-order chi connectivity index (χ1) is 14.1. The number of hydrogen-bond acceptors (Lipinski definition) is 3. The number of fused-ring (bicyclic) bond motifs is 3. The highest BCUT2D eigenvalue weighted by atomic mass is 16.2. The first kappa shape index (κ1) is 18.9. The van der Waals surface area contributed by atoms with E-state index in [4.69, 9.17) is 0 Å². The number of amides is 1. The molecule has 2 heterocycles. The monoisotopic (exact) mass is 388 g/mol. The number of rotatable bonds is 6. The van der Waals surface area contributed by atoms with Crippen LogP contribution in [0, 0.1) is 0 Å². The topological polar surface area (TPSA) is 68.9 Å². The Bertz CT molecular complexity index is 1220. The highest BCUT2D eigenvalue weighted by Gasteiger charge is 2.22. The van der Waals surface area contributed by atoms with Crippen LogP contribution >= 0.6 is 0 Å². The number of nitrogens with zero attached hydrogens (tertiary/aromatic N) is 3. The van der Waals surface area contributed by atoms with Crippen molar-refractivity contribution in [3.05, 3.63) is 76.7 Å². The Morgan fingerprint density at radius 3 is 2.59 bits per heavy atom. The number of aryl methyl sites for hydroxylation is 2. The number of benzene rings is 2. The highest BCUT2D eigenvalue weighted by Crippen LogP contribution is 2.29. The highest BCUT2D eigenvalue weighted by molar-refractivity contribution is 6.08. The molecule has 6 heteroatoms. The van der Waals surface area contributed by atoms with Gasteiger partial charge in [0.15, 0.2) is 0 Å². The van der Waals surface area contributed by atoms with Crippen molar-refractivity contribution in [2.75, 3.05) is 6.54 Å². The molecular weight excluding hydrogens is 364 g/mol. The van der Waals surface area contributed by atoms with Crippen LogP contribution in [0.1, 0.15) is 24.9 Å². The lowest BCUT2D eigenvalue weighted by Gasteiger charge is -2.16. The third-order valence-electron chi connectivity index (χ3n) is 5.36. The van der Waals surface area contributed by atoms with E-state index in [1.54, 1.807) is 13.2 Å². The molecule has 148 valence electrons. The second-order valence-corrected chi connectivity index (χ2v) is 7.28. The Kier molecular flexibility index (Phi) is 5.16. The molecule has 0 spiro atoms. The second kappa shape index (κ2) is 7.91. The standard InChI is InChI=1S/C23H24N4O2/c1-16(22(28)24-14-8-11-17-9-4-3-5-10-17)27-20-13-7-6-12-18(20)19-15-25-26(2)23(29)21(19)27/h3-7,9-10,12-13,15-16H,8,11,14H2,1-2H3,(H,24,28). The molecule has 29 heavy (non-hydrogen) atoms. The average molecular weight is 388 g/mol. The summed E-state index contributed by atoms with van der Waals surface area (Å²) in [6, 6.07) is 17.5. The summed E-state index contributed by atoms with van der Waals surface area (Å²) in [7, 11) is 1.62. The maximum Gasteiger partial charge on any atom is 0.291 e. The van der Waals surface area contributed by atoms with Gasteiger partial charge in [-0.25, -0.2) is 4.68 Å². The molecule has 0 aliphatic rings. The molecule has 2 aromatic heterocycles. The first-order valence-electron chi connectivity index (χ1n) is 9.84. The third kappa shape index (κ3) is 3.53. The van der Waals surface area contributed by atoms with Crippen LogP contribution in [-0.4, -0.2) is 26.8 Å². The average Bonchev–Trinajstić information content (AvgIpc) is 3.09. The minimum absolute atomic E-state index is 0.0976. The molecule has 0 fully saturated rings. The molecule has 4 rings (SSSR count). The molecule has 1 atom stereocenters. The first-order valence-corrected chi connectivity index (χ1v) is 9.84. The molecule has 0 radical (unpaired) electrons. The van der Waals surface area contributed by atoms with Crippen molar-refractivity contribution in [2.24, 2.45) is 7.05 Å². The summed E-state index contributed by atoms with van der Waals surface area (Å²) in [4.78, 5) is 25.7. The number of para-hydroxylation sites is 1. The lowest BCUT2D eigenvalue weighted by Crippen LogP contribution is -2.33. The van der Waals surface area contributed by atoms with Crippen molar-refractivity contribution in [1.29, 1.82) is 0 Å². The number of carbonyl (C=O) groups excluding carboxylic acids is 1. The summed E-state index contributed by atoms with van der Waals surface area (Å²) in [6.07, 6.45) is 3.47. The van der Waals surface area contributed by atoms with Crippen LogP contribution in [0.25, 0.3) is 21.8 Å². The maximum atomic E-state index is 12.9. The fraction of sp³-hybridized carbons (Fsp3) is 0.261. The molecule has 1 N–H and O–H groups in total. The summed E-state index contributed by atoms with van der Waals surface area (Å²) in [5, 5.41) is 8.87. The molecule has 0 aliphatic carbocycles. The summed E-state index contributed by atoms with van der Waals surface area (Å²) in [6.45, 7) is 2.42. The van der Waals surface area contributed by atoms with Gasteiger partial charge in [0.25, 0.3) is 5.56 Å². The fourth-order valence-electron chi connectivity index (χ4n) is 3.80. The van der Waals surface area contributed by atoms with Gasteiger partial charge in [0, 0.05) is 24.4 Å². The van der Waals surface area contributed by atoms with E-state index in [2.05, 4.69) is 22.5 Å². The fourth-order valence-corrected chi connectivity index (χ4v) is 3.80. The molecule has 0 saturated heterocycles. The molecule has 2 aromatic carbocycles. The van der Waals surface area contributed by atoms with Gasteiger partial charge in [0.1, 0.15) is 11.6 Å². The van der Waals surface area contributed by atoms with Crippen molar-refractivity contribution in [1.82, 2.24) is 19.7 Å². The van der Waals surface area contributed by atoms with Crippen LogP contribution in [0.5, 0.6) is 0 Å². The minimum atomic E-state index is -0.510. The Morgan fingerprint density at radius 2 is 1.79 bits per heavy atom. The van der Waals surface area contributed by atoms with Gasteiger partial charge >= 0.3 is 0 Å². The molecule has 6 nitrogen and oxygen atoms in total. The van der Waals surface area contributed by atoms with Gasteiger partial charge in [-0.15, -0.1) is 0 Å². The van der Waals surface area contributed by atoms with Gasteiger partial charge < -0.3 is 9.88 Å². The van der Waals surface area contributed by atoms with Crippen LogP contribution < -0.4 is 10.9 Å². The summed E-state index contributed by atoms with van der Waals surface area (Å²) < 4.78 is 3.14. The van der Waals surface area contributed by atoms with Gasteiger partial charge in [-0.3, -0.25) is 9.59 Å². The van der Waals surface area contributed by atoms with Gasteiger partial charge in [0.05, 0.1) is 11.7 Å². The van der Waals surface area contributed by atoms with Crippen LogP contribution in [0.3, 0.4) is 0 Å². The van der Waals surface area contributed by atoms with Gasteiger partial charge in [-0.1, -0.05) is 48.5 Å². The second-order valence-electron chi connectivity index (χ2n) is 7.28. The van der Waals surface area contributed by atoms with Crippen molar-refractivity contribution < 1.29 is 4.79 Å².